The quantitative estimate of drug-likeness (QED) is 0.738. The average Bonchev–Trinajstić information content (AvgIpc) is 3.46. The van der Waals surface area contributed by atoms with Crippen LogP contribution in [0.15, 0.2) is 54.7 Å². The van der Waals surface area contributed by atoms with E-state index in [1.54, 1.807) is 24.4 Å². The van der Waals surface area contributed by atoms with Crippen LogP contribution in [0.2, 0.25) is 0 Å². The van der Waals surface area contributed by atoms with Crippen molar-refractivity contribution in [1.29, 1.82) is 0 Å². The summed E-state index contributed by atoms with van der Waals surface area (Å²) < 4.78 is 27.3. The first-order chi connectivity index (χ1) is 13.0. The lowest BCUT2D eigenvalue weighted by Gasteiger charge is -2.09. The van der Waals surface area contributed by atoms with E-state index in [9.17, 15) is 18.4 Å². The van der Waals surface area contributed by atoms with Crippen LogP contribution in [0.5, 0.6) is 0 Å². The fourth-order valence-electron chi connectivity index (χ4n) is 3.04. The second-order valence-corrected chi connectivity index (χ2v) is 6.40. The maximum Gasteiger partial charge on any atom is 0.228 e. The van der Waals surface area contributed by atoms with Crippen LogP contribution in [0.1, 0.15) is 6.42 Å². The van der Waals surface area contributed by atoms with Gasteiger partial charge in [0.25, 0.3) is 0 Å². The number of amides is 2. The highest BCUT2D eigenvalue weighted by molar-refractivity contribution is 6.06. The topological polar surface area (TPSA) is 71.1 Å². The molecule has 0 aliphatic heterocycles. The van der Waals surface area contributed by atoms with Crippen molar-refractivity contribution in [2.45, 2.75) is 6.42 Å². The number of nitrogens with zero attached hydrogens (tertiary/aromatic N) is 1. The normalized spacial score (nSPS) is 18.1. The van der Waals surface area contributed by atoms with Gasteiger partial charge < -0.3 is 10.6 Å². The van der Waals surface area contributed by atoms with Crippen molar-refractivity contribution in [2.75, 3.05) is 10.6 Å². The van der Waals surface area contributed by atoms with E-state index in [2.05, 4.69) is 15.6 Å². The van der Waals surface area contributed by atoms with Crippen LogP contribution < -0.4 is 10.6 Å². The monoisotopic (exact) mass is 367 g/mol. The first-order valence-corrected chi connectivity index (χ1v) is 8.44. The Hall–Kier alpha value is -3.35. The molecule has 136 valence electrons. The molecule has 1 heterocycles. The van der Waals surface area contributed by atoms with Gasteiger partial charge in [0.2, 0.25) is 11.8 Å². The van der Waals surface area contributed by atoms with E-state index in [1.165, 1.54) is 6.07 Å². The number of fused-ring (bicyclic) bond motifs is 1. The fraction of sp³-hybridized carbons (Fsp3) is 0.150. The van der Waals surface area contributed by atoms with Gasteiger partial charge in [0.05, 0.1) is 23.0 Å². The number of rotatable bonds is 4. The van der Waals surface area contributed by atoms with E-state index in [0.29, 0.717) is 17.6 Å². The van der Waals surface area contributed by atoms with Crippen LogP contribution in [0.4, 0.5) is 20.2 Å². The highest BCUT2D eigenvalue weighted by Gasteiger charge is 2.48. The zero-order valence-corrected chi connectivity index (χ0v) is 14.1. The summed E-state index contributed by atoms with van der Waals surface area (Å²) in [4.78, 5) is 28.9. The fourth-order valence-corrected chi connectivity index (χ4v) is 3.04. The van der Waals surface area contributed by atoms with Gasteiger partial charge in [-0.1, -0.05) is 24.3 Å². The van der Waals surface area contributed by atoms with Gasteiger partial charge in [0, 0.05) is 11.6 Å². The SMILES string of the molecule is O=C(Nc1c(F)cccc1F)C1CC1C(=O)Nc1cccc2cccnc12. The molecule has 0 saturated heterocycles. The Morgan fingerprint density at radius 3 is 2.26 bits per heavy atom. The van der Waals surface area contributed by atoms with Crippen LogP contribution in [-0.2, 0) is 9.59 Å². The van der Waals surface area contributed by atoms with Crippen molar-refractivity contribution in [3.63, 3.8) is 0 Å². The molecule has 1 fully saturated rings. The van der Waals surface area contributed by atoms with Crippen LogP contribution in [-0.4, -0.2) is 16.8 Å². The van der Waals surface area contributed by atoms with Crippen LogP contribution in [0, 0.1) is 23.5 Å². The van der Waals surface area contributed by atoms with Crippen molar-refractivity contribution in [3.8, 4) is 0 Å². The number of pyridine rings is 1. The summed E-state index contributed by atoms with van der Waals surface area (Å²) in [6.07, 6.45) is 1.96. The summed E-state index contributed by atoms with van der Waals surface area (Å²) in [7, 11) is 0. The van der Waals surface area contributed by atoms with Gasteiger partial charge in [-0.25, -0.2) is 8.78 Å². The van der Waals surface area contributed by atoms with E-state index in [4.69, 9.17) is 0 Å². The first kappa shape index (κ1) is 17.1. The maximum absolute atomic E-state index is 13.6. The second-order valence-electron chi connectivity index (χ2n) is 6.40. The molecular formula is C20H15F2N3O2. The number of hydrogen-bond donors (Lipinski definition) is 2. The minimum Gasteiger partial charge on any atom is -0.324 e. The molecule has 4 rings (SSSR count). The van der Waals surface area contributed by atoms with Crippen LogP contribution >= 0.6 is 0 Å². The molecule has 0 bridgehead atoms. The molecule has 2 atom stereocenters. The molecule has 1 saturated carbocycles. The molecule has 0 spiro atoms. The van der Waals surface area contributed by atoms with Gasteiger partial charge in [-0.2, -0.15) is 0 Å². The Morgan fingerprint density at radius 2 is 1.52 bits per heavy atom. The summed E-state index contributed by atoms with van der Waals surface area (Å²) in [6.45, 7) is 0. The molecule has 2 aromatic carbocycles. The highest BCUT2D eigenvalue weighted by atomic mass is 19.1. The predicted molar refractivity (Wildman–Crippen MR) is 97.0 cm³/mol. The Balaban J connectivity index is 1.44. The lowest BCUT2D eigenvalue weighted by molar-refractivity contribution is -0.122. The molecule has 27 heavy (non-hydrogen) atoms. The summed E-state index contributed by atoms with van der Waals surface area (Å²) in [6, 6.07) is 12.4. The van der Waals surface area contributed by atoms with Gasteiger partial charge in [-0.05, 0) is 30.7 Å². The van der Waals surface area contributed by atoms with Crippen molar-refractivity contribution >= 4 is 34.1 Å². The van der Waals surface area contributed by atoms with Gasteiger partial charge in [-0.15, -0.1) is 0 Å². The number of carbonyl (C=O) groups excluding carboxylic acids is 2. The van der Waals surface area contributed by atoms with Crippen molar-refractivity contribution in [2.24, 2.45) is 11.8 Å². The van der Waals surface area contributed by atoms with Crippen molar-refractivity contribution in [1.82, 2.24) is 4.98 Å². The Labute approximate surface area is 153 Å². The maximum atomic E-state index is 13.6. The van der Waals surface area contributed by atoms with Gasteiger partial charge in [0.15, 0.2) is 0 Å². The number of nitrogens with one attached hydrogen (secondary N) is 2. The number of benzene rings is 2. The third-order valence-corrected chi connectivity index (χ3v) is 4.57. The number of hydrogen-bond acceptors (Lipinski definition) is 3. The number of anilines is 2. The zero-order valence-electron chi connectivity index (χ0n) is 14.1. The average molecular weight is 367 g/mol. The van der Waals surface area contributed by atoms with Crippen molar-refractivity contribution < 1.29 is 18.4 Å². The Morgan fingerprint density at radius 1 is 0.889 bits per heavy atom. The van der Waals surface area contributed by atoms with E-state index < -0.39 is 35.1 Å². The molecule has 2 unspecified atom stereocenters. The van der Waals surface area contributed by atoms with E-state index in [-0.39, 0.29) is 5.91 Å². The van der Waals surface area contributed by atoms with Crippen LogP contribution in [0.25, 0.3) is 10.9 Å². The molecule has 1 aromatic heterocycles. The zero-order chi connectivity index (χ0) is 19.0. The summed E-state index contributed by atoms with van der Waals surface area (Å²) in [5.74, 6) is -3.76. The number of aromatic nitrogens is 1. The Bertz CT molecular complexity index is 1030. The molecule has 3 aromatic rings. The minimum atomic E-state index is -0.855. The summed E-state index contributed by atoms with van der Waals surface area (Å²) >= 11 is 0. The molecule has 1 aliphatic carbocycles. The molecular weight excluding hydrogens is 352 g/mol. The molecule has 1 aliphatic rings. The van der Waals surface area contributed by atoms with Gasteiger partial charge >= 0.3 is 0 Å². The molecule has 7 heteroatoms. The standard InChI is InChI=1S/C20H15F2N3O2/c21-14-6-2-7-15(22)18(14)25-20(27)13-10-12(13)19(26)24-16-8-1-4-11-5-3-9-23-17(11)16/h1-9,12-13H,10H2,(H,24,26)(H,25,27). The van der Waals surface area contributed by atoms with E-state index in [1.807, 2.05) is 12.1 Å². The third-order valence-electron chi connectivity index (χ3n) is 4.57. The lowest BCUT2D eigenvalue weighted by atomic mass is 10.2. The second kappa shape index (κ2) is 6.75. The number of carbonyl (C=O) groups is 2. The van der Waals surface area contributed by atoms with Crippen LogP contribution in [0.3, 0.4) is 0 Å². The molecule has 2 amide bonds. The Kier molecular flexibility index (Phi) is 4.27. The predicted octanol–water partition coefficient (Wildman–Crippen LogP) is 3.73. The first-order valence-electron chi connectivity index (χ1n) is 8.44. The minimum absolute atomic E-state index is 0.317. The summed E-state index contributed by atoms with van der Waals surface area (Å²) in [5.41, 5.74) is 0.722. The molecule has 2 N–H and O–H groups in total. The molecule has 0 radical (unpaired) electrons. The van der Waals surface area contributed by atoms with E-state index in [0.717, 1.165) is 17.5 Å². The summed E-state index contributed by atoms with van der Waals surface area (Å²) in [5, 5.41) is 5.91. The smallest absolute Gasteiger partial charge is 0.228 e. The van der Waals surface area contributed by atoms with Crippen molar-refractivity contribution in [3.05, 3.63) is 66.4 Å². The highest BCUT2D eigenvalue weighted by Crippen LogP contribution is 2.40. The van der Waals surface area contributed by atoms with E-state index >= 15 is 0 Å². The van der Waals surface area contributed by atoms with Gasteiger partial charge in [0.1, 0.15) is 17.3 Å². The largest absolute Gasteiger partial charge is 0.324 e. The third kappa shape index (κ3) is 3.36. The molecule has 5 nitrogen and oxygen atoms in total. The number of halogens is 2. The number of para-hydroxylation sites is 2. The lowest BCUT2D eigenvalue weighted by Crippen LogP contribution is -2.21. The van der Waals surface area contributed by atoms with Gasteiger partial charge in [-0.3, -0.25) is 14.6 Å².